The molecule has 0 radical (unpaired) electrons. The van der Waals surface area contributed by atoms with Crippen molar-refractivity contribution in [3.8, 4) is 5.75 Å². The summed E-state index contributed by atoms with van der Waals surface area (Å²) in [4.78, 5) is 12.5. The Morgan fingerprint density at radius 1 is 1.26 bits per heavy atom. The summed E-state index contributed by atoms with van der Waals surface area (Å²) in [5.74, 6) is 1.04. The maximum Gasteiger partial charge on any atom is 0.222 e. The molecule has 1 aromatic rings. The number of amides is 1. The molecule has 1 heterocycles. The van der Waals surface area contributed by atoms with Crippen molar-refractivity contribution in [2.75, 3.05) is 13.7 Å². The molecule has 1 unspecified atom stereocenters. The zero-order chi connectivity index (χ0) is 15.4. The van der Waals surface area contributed by atoms with Gasteiger partial charge in [0.15, 0.2) is 0 Å². The number of carbonyl (C=O) groups is 1. The fraction of sp³-hybridized carbons (Fsp3) is 0.611. The number of nitrogens with one attached hydrogen (secondary N) is 2. The summed E-state index contributed by atoms with van der Waals surface area (Å²) in [7, 11) is 1.68. The topological polar surface area (TPSA) is 50.4 Å². The Kier molecular flexibility index (Phi) is 6.31. The van der Waals surface area contributed by atoms with Gasteiger partial charge in [-0.15, -0.1) is 12.4 Å². The third kappa shape index (κ3) is 4.18. The van der Waals surface area contributed by atoms with Crippen LogP contribution in [0.4, 0.5) is 0 Å². The van der Waals surface area contributed by atoms with Crippen LogP contribution in [0.15, 0.2) is 24.3 Å². The number of benzene rings is 1. The molecule has 0 bridgehead atoms. The zero-order valence-electron chi connectivity index (χ0n) is 13.8. The van der Waals surface area contributed by atoms with Crippen molar-refractivity contribution in [3.63, 3.8) is 0 Å². The van der Waals surface area contributed by atoms with Crippen LogP contribution in [0.25, 0.3) is 0 Å². The smallest absolute Gasteiger partial charge is 0.222 e. The molecule has 1 aromatic carbocycles. The lowest BCUT2D eigenvalue weighted by Crippen LogP contribution is -2.45. The first-order valence-corrected chi connectivity index (χ1v) is 8.41. The van der Waals surface area contributed by atoms with E-state index in [1.807, 2.05) is 12.1 Å². The molecule has 4 nitrogen and oxygen atoms in total. The van der Waals surface area contributed by atoms with E-state index in [1.54, 1.807) is 7.11 Å². The van der Waals surface area contributed by atoms with E-state index >= 15 is 0 Å². The van der Waals surface area contributed by atoms with Gasteiger partial charge >= 0.3 is 0 Å². The first kappa shape index (κ1) is 18.1. The molecule has 23 heavy (non-hydrogen) atoms. The SMILES string of the molecule is COc1ccc(C2(NC(=O)CC3CCCN3)CCCC2)cc1.Cl. The van der Waals surface area contributed by atoms with E-state index in [2.05, 4.69) is 22.8 Å². The second-order valence-electron chi connectivity index (χ2n) is 6.56. The number of hydrogen-bond acceptors (Lipinski definition) is 3. The summed E-state index contributed by atoms with van der Waals surface area (Å²) in [6.45, 7) is 1.04. The number of methoxy groups -OCH3 is 1. The fourth-order valence-electron chi connectivity index (χ4n) is 3.85. The highest BCUT2D eigenvalue weighted by Gasteiger charge is 2.37. The Bertz CT molecular complexity index is 506. The standard InChI is InChI=1S/C18H26N2O2.ClH/c1-22-16-8-6-14(7-9-16)18(10-2-3-11-18)20-17(21)13-15-5-4-12-19-15;/h6-9,15,19H,2-5,10-13H2,1H3,(H,20,21);1H. The Labute approximate surface area is 144 Å². The van der Waals surface area contributed by atoms with Crippen LogP contribution < -0.4 is 15.4 Å². The summed E-state index contributed by atoms with van der Waals surface area (Å²) in [5.41, 5.74) is 1.03. The van der Waals surface area contributed by atoms with Crippen LogP contribution in [0, 0.1) is 0 Å². The highest BCUT2D eigenvalue weighted by Crippen LogP contribution is 2.39. The third-order valence-electron chi connectivity index (χ3n) is 5.07. The van der Waals surface area contributed by atoms with Gasteiger partial charge in [-0.2, -0.15) is 0 Å². The summed E-state index contributed by atoms with van der Waals surface area (Å²) in [6, 6.07) is 8.52. The van der Waals surface area contributed by atoms with Gasteiger partial charge in [0.05, 0.1) is 12.6 Å². The van der Waals surface area contributed by atoms with Gasteiger partial charge in [-0.25, -0.2) is 0 Å². The number of ether oxygens (including phenoxy) is 1. The molecule has 1 atom stereocenters. The van der Waals surface area contributed by atoms with Crippen molar-refractivity contribution in [2.45, 2.75) is 56.5 Å². The number of carbonyl (C=O) groups excluding carboxylic acids is 1. The van der Waals surface area contributed by atoms with Gasteiger partial charge in [0.1, 0.15) is 5.75 Å². The van der Waals surface area contributed by atoms with Crippen molar-refractivity contribution in [1.82, 2.24) is 10.6 Å². The van der Waals surface area contributed by atoms with Gasteiger partial charge in [0, 0.05) is 12.5 Å². The summed E-state index contributed by atoms with van der Waals surface area (Å²) in [6.07, 6.45) is 7.30. The molecular weight excluding hydrogens is 312 g/mol. The van der Waals surface area contributed by atoms with E-state index in [0.717, 1.165) is 31.6 Å². The molecule has 0 aromatic heterocycles. The van der Waals surface area contributed by atoms with E-state index < -0.39 is 0 Å². The van der Waals surface area contributed by atoms with Crippen LogP contribution in [-0.2, 0) is 10.3 Å². The Morgan fingerprint density at radius 2 is 1.96 bits per heavy atom. The Hall–Kier alpha value is -1.26. The molecule has 3 rings (SSSR count). The molecular formula is C18H27ClN2O2. The van der Waals surface area contributed by atoms with E-state index in [9.17, 15) is 4.79 Å². The van der Waals surface area contributed by atoms with Crippen LogP contribution in [0.2, 0.25) is 0 Å². The second kappa shape index (κ2) is 8.02. The number of halogens is 1. The van der Waals surface area contributed by atoms with Gasteiger partial charge in [-0.1, -0.05) is 25.0 Å². The van der Waals surface area contributed by atoms with Gasteiger partial charge in [-0.3, -0.25) is 4.79 Å². The number of rotatable bonds is 5. The average Bonchev–Trinajstić information content (AvgIpc) is 3.20. The maximum atomic E-state index is 12.5. The largest absolute Gasteiger partial charge is 0.497 e. The average molecular weight is 339 g/mol. The van der Waals surface area contributed by atoms with Crippen LogP contribution >= 0.6 is 12.4 Å². The van der Waals surface area contributed by atoms with Crippen molar-refractivity contribution in [2.24, 2.45) is 0 Å². The predicted molar refractivity (Wildman–Crippen MR) is 94.2 cm³/mol. The summed E-state index contributed by atoms with van der Waals surface area (Å²) < 4.78 is 5.24. The van der Waals surface area contributed by atoms with E-state index in [4.69, 9.17) is 4.74 Å². The molecule has 128 valence electrons. The van der Waals surface area contributed by atoms with E-state index in [0.29, 0.717) is 12.5 Å². The molecule has 1 saturated heterocycles. The molecule has 1 aliphatic heterocycles. The highest BCUT2D eigenvalue weighted by molar-refractivity contribution is 5.85. The highest BCUT2D eigenvalue weighted by atomic mass is 35.5. The maximum absolute atomic E-state index is 12.5. The van der Waals surface area contributed by atoms with Crippen LogP contribution in [0.3, 0.4) is 0 Å². The van der Waals surface area contributed by atoms with Crippen LogP contribution in [0.5, 0.6) is 5.75 Å². The van der Waals surface area contributed by atoms with Gasteiger partial charge in [0.2, 0.25) is 5.91 Å². The van der Waals surface area contributed by atoms with Crippen LogP contribution in [-0.4, -0.2) is 25.6 Å². The lowest BCUT2D eigenvalue weighted by atomic mass is 9.87. The molecule has 2 fully saturated rings. The molecule has 2 aliphatic rings. The third-order valence-corrected chi connectivity index (χ3v) is 5.07. The van der Waals surface area contributed by atoms with E-state index in [1.165, 1.54) is 24.8 Å². The molecule has 2 N–H and O–H groups in total. The van der Waals surface area contributed by atoms with Crippen molar-refractivity contribution in [3.05, 3.63) is 29.8 Å². The summed E-state index contributed by atoms with van der Waals surface area (Å²) >= 11 is 0. The Morgan fingerprint density at radius 3 is 2.52 bits per heavy atom. The van der Waals surface area contributed by atoms with Crippen molar-refractivity contribution >= 4 is 18.3 Å². The second-order valence-corrected chi connectivity index (χ2v) is 6.56. The van der Waals surface area contributed by atoms with Crippen LogP contribution in [0.1, 0.15) is 50.5 Å². The first-order chi connectivity index (χ1) is 10.7. The van der Waals surface area contributed by atoms with Crippen molar-refractivity contribution < 1.29 is 9.53 Å². The van der Waals surface area contributed by atoms with Gasteiger partial charge in [-0.05, 0) is 49.9 Å². The summed E-state index contributed by atoms with van der Waals surface area (Å²) in [5, 5.41) is 6.76. The molecule has 1 aliphatic carbocycles. The normalized spacial score (nSPS) is 22.4. The molecule has 5 heteroatoms. The molecule has 0 spiro atoms. The molecule has 1 saturated carbocycles. The van der Waals surface area contributed by atoms with Crippen molar-refractivity contribution in [1.29, 1.82) is 0 Å². The monoisotopic (exact) mass is 338 g/mol. The fourth-order valence-corrected chi connectivity index (χ4v) is 3.85. The van der Waals surface area contributed by atoms with Gasteiger partial charge in [0.25, 0.3) is 0 Å². The minimum Gasteiger partial charge on any atom is -0.497 e. The first-order valence-electron chi connectivity index (χ1n) is 8.41. The quantitative estimate of drug-likeness (QED) is 0.867. The number of hydrogen-bond donors (Lipinski definition) is 2. The lowest BCUT2D eigenvalue weighted by Gasteiger charge is -2.31. The molecule has 1 amide bonds. The minimum absolute atomic E-state index is 0. The van der Waals surface area contributed by atoms with Gasteiger partial charge < -0.3 is 15.4 Å². The van der Waals surface area contributed by atoms with E-state index in [-0.39, 0.29) is 23.9 Å². The minimum atomic E-state index is -0.179. The zero-order valence-corrected chi connectivity index (χ0v) is 14.6. The Balaban J connectivity index is 0.00000192. The predicted octanol–water partition coefficient (Wildman–Crippen LogP) is 3.14. The lowest BCUT2D eigenvalue weighted by molar-refractivity contribution is -0.123.